The smallest absolute Gasteiger partial charge is 0.0346 e. The van der Waals surface area contributed by atoms with Gasteiger partial charge in [-0.3, -0.25) is 0 Å². The summed E-state index contributed by atoms with van der Waals surface area (Å²) in [4.78, 5) is 0. The Labute approximate surface area is 147 Å². The van der Waals surface area contributed by atoms with E-state index in [1.165, 1.54) is 60.8 Å². The van der Waals surface area contributed by atoms with Gasteiger partial charge in [-0.15, -0.1) is 0 Å². The fourth-order valence-corrected chi connectivity index (χ4v) is 3.13. The minimum atomic E-state index is 0.911. The van der Waals surface area contributed by atoms with E-state index in [0.29, 0.717) is 0 Å². The van der Waals surface area contributed by atoms with Crippen LogP contribution in [0.2, 0.25) is 0 Å². The maximum atomic E-state index is 6.16. The minimum Gasteiger partial charge on any atom is -0.399 e. The second kappa shape index (κ2) is 9.36. The Morgan fingerprint density at radius 2 is 1.04 bits per heavy atom. The number of unbranched alkanes of at least 4 members (excludes halogenated alkanes) is 4. The maximum Gasteiger partial charge on any atom is 0.0346 e. The van der Waals surface area contributed by atoms with Gasteiger partial charge in [0.25, 0.3) is 0 Å². The van der Waals surface area contributed by atoms with Crippen LogP contribution >= 0.6 is 0 Å². The van der Waals surface area contributed by atoms with E-state index in [1.54, 1.807) is 0 Å². The van der Waals surface area contributed by atoms with Crippen LogP contribution in [0.25, 0.3) is 11.1 Å². The number of rotatable bonds is 9. The predicted octanol–water partition coefficient (Wildman–Crippen LogP) is 5.98. The molecule has 24 heavy (non-hydrogen) atoms. The number of benzene rings is 2. The van der Waals surface area contributed by atoms with Crippen molar-refractivity contribution in [2.24, 2.45) is 0 Å². The van der Waals surface area contributed by atoms with Crippen LogP contribution < -0.4 is 11.5 Å². The highest BCUT2D eigenvalue weighted by atomic mass is 14.6. The van der Waals surface area contributed by atoms with Crippen LogP contribution in [0.4, 0.5) is 11.4 Å². The molecule has 0 fully saturated rings. The first-order valence-corrected chi connectivity index (χ1v) is 9.42. The first-order valence-electron chi connectivity index (χ1n) is 9.42. The minimum absolute atomic E-state index is 0.911. The van der Waals surface area contributed by atoms with Gasteiger partial charge in [0.2, 0.25) is 0 Å². The number of hydrogen-bond donors (Lipinski definition) is 2. The molecular formula is C22H32N2. The van der Waals surface area contributed by atoms with E-state index in [9.17, 15) is 0 Å². The first kappa shape index (κ1) is 18.4. The molecule has 2 nitrogen and oxygen atoms in total. The second-order valence-corrected chi connectivity index (χ2v) is 6.74. The monoisotopic (exact) mass is 324 g/mol. The summed E-state index contributed by atoms with van der Waals surface area (Å²) >= 11 is 0. The molecule has 0 bridgehead atoms. The van der Waals surface area contributed by atoms with Gasteiger partial charge >= 0.3 is 0 Å². The number of anilines is 2. The summed E-state index contributed by atoms with van der Waals surface area (Å²) < 4.78 is 0. The maximum absolute atomic E-state index is 6.16. The van der Waals surface area contributed by atoms with Gasteiger partial charge in [-0.05, 0) is 72.2 Å². The van der Waals surface area contributed by atoms with Crippen LogP contribution in [0.15, 0.2) is 36.4 Å². The summed E-state index contributed by atoms with van der Waals surface area (Å²) in [7, 11) is 0. The fraction of sp³-hybridized carbons (Fsp3) is 0.455. The van der Waals surface area contributed by atoms with E-state index in [2.05, 4.69) is 38.1 Å². The van der Waals surface area contributed by atoms with Crippen molar-refractivity contribution in [3.8, 4) is 11.1 Å². The van der Waals surface area contributed by atoms with Gasteiger partial charge in [0.15, 0.2) is 0 Å². The highest BCUT2D eigenvalue weighted by Gasteiger charge is 2.06. The van der Waals surface area contributed by atoms with Gasteiger partial charge in [0, 0.05) is 11.4 Å². The van der Waals surface area contributed by atoms with Crippen molar-refractivity contribution in [2.45, 2.75) is 65.2 Å². The molecule has 0 heterocycles. The average Bonchev–Trinajstić information content (AvgIpc) is 2.59. The molecule has 0 saturated carbocycles. The lowest BCUT2D eigenvalue weighted by Crippen LogP contribution is -1.97. The van der Waals surface area contributed by atoms with E-state index < -0.39 is 0 Å². The third-order valence-electron chi connectivity index (χ3n) is 4.72. The van der Waals surface area contributed by atoms with E-state index >= 15 is 0 Å². The Kier molecular flexibility index (Phi) is 7.17. The van der Waals surface area contributed by atoms with Crippen molar-refractivity contribution in [2.75, 3.05) is 11.5 Å². The molecule has 0 radical (unpaired) electrons. The highest BCUT2D eigenvalue weighted by Crippen LogP contribution is 2.28. The highest BCUT2D eigenvalue weighted by molar-refractivity contribution is 5.70. The van der Waals surface area contributed by atoms with Crippen LogP contribution in [0.1, 0.15) is 63.5 Å². The zero-order valence-corrected chi connectivity index (χ0v) is 15.3. The number of nitrogens with two attached hydrogens (primary N) is 2. The lowest BCUT2D eigenvalue weighted by atomic mass is 9.95. The first-order chi connectivity index (χ1) is 11.7. The molecule has 0 atom stereocenters. The molecule has 0 aromatic heterocycles. The standard InChI is InChI=1S/C22H32N2/c1-3-5-7-9-19-15-17(11-13-21(19)23)18-12-14-22(24)20(16-18)10-8-6-4-2/h11-16H,3-10,23-24H2,1-2H3. The van der Waals surface area contributed by atoms with Crippen molar-refractivity contribution in [1.29, 1.82) is 0 Å². The van der Waals surface area contributed by atoms with Gasteiger partial charge in [0.05, 0.1) is 0 Å². The number of hydrogen-bond acceptors (Lipinski definition) is 2. The van der Waals surface area contributed by atoms with Gasteiger partial charge in [-0.25, -0.2) is 0 Å². The number of nitrogen functional groups attached to an aromatic ring is 2. The quantitative estimate of drug-likeness (QED) is 0.440. The molecule has 0 aliphatic heterocycles. The van der Waals surface area contributed by atoms with Crippen LogP contribution in [0, 0.1) is 0 Å². The van der Waals surface area contributed by atoms with Crippen molar-refractivity contribution in [3.05, 3.63) is 47.5 Å². The molecule has 0 aliphatic rings. The number of aryl methyl sites for hydroxylation is 2. The largest absolute Gasteiger partial charge is 0.399 e. The average molecular weight is 325 g/mol. The zero-order chi connectivity index (χ0) is 17.4. The molecule has 2 aromatic carbocycles. The van der Waals surface area contributed by atoms with Gasteiger partial charge < -0.3 is 11.5 Å². The molecule has 0 aliphatic carbocycles. The van der Waals surface area contributed by atoms with Crippen molar-refractivity contribution in [1.82, 2.24) is 0 Å². The van der Waals surface area contributed by atoms with Crippen LogP contribution in [-0.2, 0) is 12.8 Å². The van der Waals surface area contributed by atoms with Crippen molar-refractivity contribution in [3.63, 3.8) is 0 Å². The molecule has 0 unspecified atom stereocenters. The second-order valence-electron chi connectivity index (χ2n) is 6.74. The molecule has 2 heteroatoms. The lowest BCUT2D eigenvalue weighted by Gasteiger charge is -2.12. The molecule has 0 amide bonds. The Morgan fingerprint density at radius 1 is 0.625 bits per heavy atom. The van der Waals surface area contributed by atoms with Gasteiger partial charge in [-0.1, -0.05) is 51.7 Å². The molecule has 0 saturated heterocycles. The Bertz CT molecular complexity index is 589. The van der Waals surface area contributed by atoms with Crippen molar-refractivity contribution < 1.29 is 0 Å². The summed E-state index contributed by atoms with van der Waals surface area (Å²) in [6, 6.07) is 12.9. The Balaban J connectivity index is 2.21. The summed E-state index contributed by atoms with van der Waals surface area (Å²) in [6.45, 7) is 4.46. The van der Waals surface area contributed by atoms with E-state index in [0.717, 1.165) is 24.2 Å². The zero-order valence-electron chi connectivity index (χ0n) is 15.3. The predicted molar refractivity (Wildman–Crippen MR) is 107 cm³/mol. The molecule has 130 valence electrons. The normalized spacial score (nSPS) is 10.9. The summed E-state index contributed by atoms with van der Waals surface area (Å²) in [5.41, 5.74) is 19.2. The summed E-state index contributed by atoms with van der Waals surface area (Å²) in [5, 5.41) is 0. The Hall–Kier alpha value is -1.96. The molecule has 0 spiro atoms. The van der Waals surface area contributed by atoms with Crippen LogP contribution in [0.3, 0.4) is 0 Å². The molecular weight excluding hydrogens is 292 g/mol. The van der Waals surface area contributed by atoms with Gasteiger partial charge in [0.1, 0.15) is 0 Å². The summed E-state index contributed by atoms with van der Waals surface area (Å²) in [6.07, 6.45) is 9.51. The van der Waals surface area contributed by atoms with Gasteiger partial charge in [-0.2, -0.15) is 0 Å². The topological polar surface area (TPSA) is 52.0 Å². The SMILES string of the molecule is CCCCCc1cc(-c2ccc(N)c(CCCCC)c2)ccc1N. The van der Waals surface area contributed by atoms with Crippen LogP contribution in [-0.4, -0.2) is 0 Å². The Morgan fingerprint density at radius 3 is 1.42 bits per heavy atom. The molecule has 4 N–H and O–H groups in total. The molecule has 2 aromatic rings. The lowest BCUT2D eigenvalue weighted by molar-refractivity contribution is 0.718. The van der Waals surface area contributed by atoms with E-state index in [4.69, 9.17) is 11.5 Å². The van der Waals surface area contributed by atoms with Crippen molar-refractivity contribution >= 4 is 11.4 Å². The van der Waals surface area contributed by atoms with Crippen LogP contribution in [0.5, 0.6) is 0 Å². The third kappa shape index (κ3) is 5.02. The summed E-state index contributed by atoms with van der Waals surface area (Å²) in [5.74, 6) is 0. The third-order valence-corrected chi connectivity index (χ3v) is 4.72. The molecule has 2 rings (SSSR count). The fourth-order valence-electron chi connectivity index (χ4n) is 3.13. The van der Waals surface area contributed by atoms with E-state index in [-0.39, 0.29) is 0 Å². The van der Waals surface area contributed by atoms with E-state index in [1.807, 2.05) is 12.1 Å².